The van der Waals surface area contributed by atoms with Crippen molar-refractivity contribution < 1.29 is 9.53 Å². The van der Waals surface area contributed by atoms with E-state index in [1.165, 1.54) is 0 Å². The van der Waals surface area contributed by atoms with Crippen molar-refractivity contribution in [3.05, 3.63) is 12.3 Å². The smallest absolute Gasteiger partial charge is 0.134 e. The zero-order valence-electron chi connectivity index (χ0n) is 8.72. The predicted octanol–water partition coefficient (Wildman–Crippen LogP) is 2.54. The zero-order chi connectivity index (χ0) is 10.1. The highest BCUT2D eigenvalue weighted by Crippen LogP contribution is 2.39. The number of methoxy groups -OCH3 is 1. The molecule has 1 saturated carbocycles. The molecule has 13 heavy (non-hydrogen) atoms. The van der Waals surface area contributed by atoms with E-state index in [4.69, 9.17) is 4.74 Å². The number of Topliss-reactive ketones (excluding diaryl/α,β-unsaturated/α-hetero) is 1. The Morgan fingerprint density at radius 1 is 1.62 bits per heavy atom. The molecule has 2 nitrogen and oxygen atoms in total. The fourth-order valence-corrected chi connectivity index (χ4v) is 2.09. The first kappa shape index (κ1) is 10.3. The number of ether oxygens (including phenoxy) is 1. The molecular weight excluding hydrogens is 164 g/mol. The van der Waals surface area contributed by atoms with Crippen LogP contribution in [0.2, 0.25) is 0 Å². The summed E-state index contributed by atoms with van der Waals surface area (Å²) in [7, 11) is 1.62. The number of allylic oxidation sites excluding steroid dienone is 1. The quantitative estimate of drug-likeness (QED) is 0.613. The third-order valence-corrected chi connectivity index (χ3v) is 2.67. The van der Waals surface area contributed by atoms with Crippen molar-refractivity contribution in [1.29, 1.82) is 0 Å². The lowest BCUT2D eigenvalue weighted by molar-refractivity contribution is -0.124. The summed E-state index contributed by atoms with van der Waals surface area (Å²) in [6, 6.07) is 0. The topological polar surface area (TPSA) is 26.3 Å². The zero-order valence-corrected chi connectivity index (χ0v) is 8.72. The lowest BCUT2D eigenvalue weighted by Crippen LogP contribution is -2.29. The Bertz CT molecular complexity index is 228. The summed E-state index contributed by atoms with van der Waals surface area (Å²) in [5.74, 6) is 1.31. The van der Waals surface area contributed by atoms with E-state index in [0.717, 1.165) is 12.2 Å². The van der Waals surface area contributed by atoms with Crippen LogP contribution in [0, 0.1) is 11.3 Å². The van der Waals surface area contributed by atoms with Gasteiger partial charge in [0.15, 0.2) is 0 Å². The molecule has 1 aliphatic carbocycles. The van der Waals surface area contributed by atoms with Gasteiger partial charge >= 0.3 is 0 Å². The van der Waals surface area contributed by atoms with Gasteiger partial charge in [-0.25, -0.2) is 0 Å². The molecule has 74 valence electrons. The molecule has 1 fully saturated rings. The van der Waals surface area contributed by atoms with Crippen molar-refractivity contribution in [3.63, 3.8) is 0 Å². The van der Waals surface area contributed by atoms with E-state index >= 15 is 0 Å². The monoisotopic (exact) mass is 182 g/mol. The van der Waals surface area contributed by atoms with Crippen molar-refractivity contribution in [1.82, 2.24) is 0 Å². The van der Waals surface area contributed by atoms with Crippen molar-refractivity contribution in [2.75, 3.05) is 7.11 Å². The van der Waals surface area contributed by atoms with Crippen molar-refractivity contribution in [2.24, 2.45) is 11.3 Å². The summed E-state index contributed by atoms with van der Waals surface area (Å²) in [4.78, 5) is 11.4. The lowest BCUT2D eigenvalue weighted by atomic mass is 9.71. The molecule has 0 aromatic rings. The van der Waals surface area contributed by atoms with E-state index in [1.807, 2.05) is 0 Å². The van der Waals surface area contributed by atoms with Gasteiger partial charge in [-0.15, -0.1) is 0 Å². The Kier molecular flexibility index (Phi) is 2.79. The molecule has 1 unspecified atom stereocenters. The van der Waals surface area contributed by atoms with Crippen LogP contribution in [-0.2, 0) is 9.53 Å². The molecule has 0 bridgehead atoms. The minimum atomic E-state index is 0.113. The van der Waals surface area contributed by atoms with Crippen LogP contribution in [0.4, 0.5) is 0 Å². The number of hydrogen-bond donors (Lipinski definition) is 0. The van der Waals surface area contributed by atoms with Crippen LogP contribution < -0.4 is 0 Å². The fraction of sp³-hybridized carbons (Fsp3) is 0.727. The highest BCUT2D eigenvalue weighted by molar-refractivity contribution is 5.80. The van der Waals surface area contributed by atoms with Crippen LogP contribution in [0.25, 0.3) is 0 Å². The van der Waals surface area contributed by atoms with Gasteiger partial charge in [0.2, 0.25) is 0 Å². The first-order valence-electron chi connectivity index (χ1n) is 4.69. The summed E-state index contributed by atoms with van der Waals surface area (Å²) in [6.45, 7) is 8.07. The molecule has 0 aromatic carbocycles. The third kappa shape index (κ3) is 2.58. The van der Waals surface area contributed by atoms with E-state index in [9.17, 15) is 4.79 Å². The summed E-state index contributed by atoms with van der Waals surface area (Å²) < 4.78 is 5.08. The molecule has 0 heterocycles. The second-order valence-electron chi connectivity index (χ2n) is 4.66. The van der Waals surface area contributed by atoms with Gasteiger partial charge in [0.05, 0.1) is 12.9 Å². The molecule has 0 saturated heterocycles. The Balaban J connectivity index is 2.68. The Hall–Kier alpha value is -0.790. The molecule has 0 N–H and O–H groups in total. The molecular formula is C11H18O2. The average molecular weight is 182 g/mol. The maximum atomic E-state index is 11.4. The molecule has 1 aliphatic rings. The van der Waals surface area contributed by atoms with Crippen LogP contribution >= 0.6 is 0 Å². The molecule has 0 radical (unpaired) electrons. The van der Waals surface area contributed by atoms with Gasteiger partial charge < -0.3 is 4.74 Å². The van der Waals surface area contributed by atoms with Crippen LogP contribution in [-0.4, -0.2) is 12.9 Å². The van der Waals surface area contributed by atoms with Gasteiger partial charge in [0.1, 0.15) is 5.78 Å². The maximum absolute atomic E-state index is 11.4. The van der Waals surface area contributed by atoms with Crippen LogP contribution in [0.3, 0.4) is 0 Å². The number of rotatable bonds is 2. The SMILES string of the molecule is C=C(OC)C1CC(=O)CC(C)(C)C1. The highest BCUT2D eigenvalue weighted by Gasteiger charge is 2.34. The Morgan fingerprint density at radius 2 is 2.23 bits per heavy atom. The van der Waals surface area contributed by atoms with Crippen LogP contribution in [0.5, 0.6) is 0 Å². The van der Waals surface area contributed by atoms with Gasteiger partial charge in [-0.05, 0) is 11.8 Å². The predicted molar refractivity (Wildman–Crippen MR) is 52.3 cm³/mol. The Labute approximate surface area is 80.0 Å². The standard InChI is InChI=1S/C11H18O2/c1-8(13-4)9-5-10(12)7-11(2,3)6-9/h9H,1,5-7H2,2-4H3. The van der Waals surface area contributed by atoms with Gasteiger partial charge in [-0.3, -0.25) is 4.79 Å². The summed E-state index contributed by atoms with van der Waals surface area (Å²) in [6.07, 6.45) is 2.31. The fourth-order valence-electron chi connectivity index (χ4n) is 2.09. The van der Waals surface area contributed by atoms with E-state index in [0.29, 0.717) is 18.6 Å². The lowest BCUT2D eigenvalue weighted by Gasteiger charge is -2.34. The average Bonchev–Trinajstić information content (AvgIpc) is 1.99. The molecule has 1 rings (SSSR count). The van der Waals surface area contributed by atoms with Gasteiger partial charge in [0.25, 0.3) is 0 Å². The van der Waals surface area contributed by atoms with Gasteiger partial charge in [-0.1, -0.05) is 20.4 Å². The second kappa shape index (κ2) is 3.52. The van der Waals surface area contributed by atoms with Crippen molar-refractivity contribution in [2.45, 2.75) is 33.1 Å². The number of ketones is 1. The van der Waals surface area contributed by atoms with Crippen molar-refractivity contribution >= 4 is 5.78 Å². The van der Waals surface area contributed by atoms with Crippen LogP contribution in [0.1, 0.15) is 33.1 Å². The van der Waals surface area contributed by atoms with E-state index in [1.54, 1.807) is 7.11 Å². The van der Waals surface area contributed by atoms with E-state index in [2.05, 4.69) is 20.4 Å². The molecule has 2 heteroatoms. The third-order valence-electron chi connectivity index (χ3n) is 2.67. The molecule has 0 aliphatic heterocycles. The molecule has 0 amide bonds. The number of carbonyl (C=O) groups is 1. The van der Waals surface area contributed by atoms with Gasteiger partial charge in [-0.2, -0.15) is 0 Å². The minimum absolute atomic E-state index is 0.113. The van der Waals surface area contributed by atoms with E-state index in [-0.39, 0.29) is 11.3 Å². The largest absolute Gasteiger partial charge is 0.501 e. The first-order valence-corrected chi connectivity index (χ1v) is 4.69. The van der Waals surface area contributed by atoms with Crippen molar-refractivity contribution in [3.8, 4) is 0 Å². The first-order chi connectivity index (χ1) is 5.94. The normalized spacial score (nSPS) is 27.0. The van der Waals surface area contributed by atoms with Gasteiger partial charge in [0, 0.05) is 18.8 Å². The minimum Gasteiger partial charge on any atom is -0.501 e. The Morgan fingerprint density at radius 3 is 2.69 bits per heavy atom. The second-order valence-corrected chi connectivity index (χ2v) is 4.66. The summed E-state index contributed by atoms with van der Waals surface area (Å²) >= 11 is 0. The molecule has 1 atom stereocenters. The number of carbonyl (C=O) groups excluding carboxylic acids is 1. The summed E-state index contributed by atoms with van der Waals surface area (Å²) in [5, 5.41) is 0. The van der Waals surface area contributed by atoms with Crippen LogP contribution in [0.15, 0.2) is 12.3 Å². The molecule has 0 spiro atoms. The summed E-state index contributed by atoms with van der Waals surface area (Å²) in [5.41, 5.74) is 0.113. The number of hydrogen-bond acceptors (Lipinski definition) is 2. The highest BCUT2D eigenvalue weighted by atomic mass is 16.5. The molecule has 0 aromatic heterocycles. The maximum Gasteiger partial charge on any atom is 0.134 e. The van der Waals surface area contributed by atoms with E-state index < -0.39 is 0 Å².